The molecule has 1 heterocycles. The Labute approximate surface area is 129 Å². The molecule has 2 amide bonds. The van der Waals surface area contributed by atoms with E-state index >= 15 is 0 Å². The minimum Gasteiger partial charge on any atom is -0.337 e. The Kier molecular flexibility index (Phi) is 5.09. The number of urea groups is 1. The molecule has 0 fully saturated rings. The summed E-state index contributed by atoms with van der Waals surface area (Å²) in [5.41, 5.74) is 1.09. The number of nitrogens with one attached hydrogen (secondary N) is 2. The van der Waals surface area contributed by atoms with E-state index in [0.717, 1.165) is 5.82 Å². The number of carbonyl (C=O) groups is 1. The highest BCUT2D eigenvalue weighted by atomic mass is 16.2. The molecule has 22 heavy (non-hydrogen) atoms. The summed E-state index contributed by atoms with van der Waals surface area (Å²) in [5.74, 6) is 0.835. The van der Waals surface area contributed by atoms with Crippen molar-refractivity contribution >= 4 is 11.7 Å². The van der Waals surface area contributed by atoms with Gasteiger partial charge in [0.05, 0.1) is 11.6 Å². The monoisotopic (exact) mass is 298 g/mol. The molecular weight excluding hydrogens is 280 g/mol. The molecule has 2 aromatic rings. The van der Waals surface area contributed by atoms with Gasteiger partial charge in [-0.05, 0) is 32.0 Å². The van der Waals surface area contributed by atoms with E-state index in [0.29, 0.717) is 24.2 Å². The normalized spacial score (nSPS) is 10.3. The highest BCUT2D eigenvalue weighted by Gasteiger charge is 2.08. The van der Waals surface area contributed by atoms with Crippen LogP contribution in [0.15, 0.2) is 30.6 Å². The van der Waals surface area contributed by atoms with Crippen molar-refractivity contribution < 1.29 is 4.79 Å². The maximum atomic E-state index is 11.8. The molecule has 0 bridgehead atoms. The van der Waals surface area contributed by atoms with Crippen molar-refractivity contribution in [2.75, 3.05) is 11.9 Å². The van der Waals surface area contributed by atoms with Gasteiger partial charge in [0.25, 0.3) is 0 Å². The average molecular weight is 298 g/mol. The predicted octanol–water partition coefficient (Wildman–Crippen LogP) is 2.09. The van der Waals surface area contributed by atoms with E-state index < -0.39 is 0 Å². The highest BCUT2D eigenvalue weighted by Crippen LogP contribution is 2.09. The van der Waals surface area contributed by atoms with Crippen LogP contribution in [-0.2, 0) is 6.42 Å². The summed E-state index contributed by atoms with van der Waals surface area (Å²) in [6, 6.07) is 8.76. The summed E-state index contributed by atoms with van der Waals surface area (Å²) < 4.78 is 1.97. The first-order chi connectivity index (χ1) is 10.6. The Hall–Kier alpha value is -2.88. The Morgan fingerprint density at radius 2 is 2.27 bits per heavy atom. The van der Waals surface area contributed by atoms with Crippen LogP contribution < -0.4 is 10.6 Å². The van der Waals surface area contributed by atoms with Gasteiger partial charge < -0.3 is 15.2 Å². The largest absolute Gasteiger partial charge is 0.337 e. The third-order valence-corrected chi connectivity index (χ3v) is 3.09. The van der Waals surface area contributed by atoms with E-state index in [2.05, 4.69) is 34.7 Å². The molecule has 2 N–H and O–H groups in total. The molecule has 0 saturated heterocycles. The molecule has 0 spiro atoms. The number of aromatic nitrogens is 3. The second kappa shape index (κ2) is 7.22. The maximum Gasteiger partial charge on any atom is 0.319 e. The number of benzene rings is 1. The number of hydrogen-bond donors (Lipinski definition) is 2. The van der Waals surface area contributed by atoms with Gasteiger partial charge in [-0.2, -0.15) is 5.26 Å². The Balaban J connectivity index is 1.83. The number of rotatable bonds is 5. The molecule has 0 radical (unpaired) electrons. The molecule has 0 aliphatic heterocycles. The van der Waals surface area contributed by atoms with E-state index in [1.54, 1.807) is 30.6 Å². The first-order valence-corrected chi connectivity index (χ1v) is 7.03. The van der Waals surface area contributed by atoms with Crippen molar-refractivity contribution in [2.24, 2.45) is 0 Å². The third kappa shape index (κ3) is 4.06. The second-order valence-electron chi connectivity index (χ2n) is 5.07. The first-order valence-electron chi connectivity index (χ1n) is 7.03. The van der Waals surface area contributed by atoms with Gasteiger partial charge in [0.2, 0.25) is 0 Å². The molecule has 0 atom stereocenters. The van der Waals surface area contributed by atoms with E-state index in [9.17, 15) is 4.79 Å². The molecule has 2 rings (SSSR count). The number of hydrogen-bond acceptors (Lipinski definition) is 4. The van der Waals surface area contributed by atoms with E-state index in [1.807, 2.05) is 10.6 Å². The van der Waals surface area contributed by atoms with Crippen molar-refractivity contribution in [2.45, 2.75) is 26.3 Å². The summed E-state index contributed by atoms with van der Waals surface area (Å²) >= 11 is 0. The highest BCUT2D eigenvalue weighted by molar-refractivity contribution is 5.89. The van der Waals surface area contributed by atoms with E-state index in [-0.39, 0.29) is 12.1 Å². The van der Waals surface area contributed by atoms with Crippen LogP contribution in [0.3, 0.4) is 0 Å². The zero-order valence-corrected chi connectivity index (χ0v) is 12.6. The van der Waals surface area contributed by atoms with Crippen molar-refractivity contribution in [1.29, 1.82) is 5.26 Å². The molecule has 0 aliphatic carbocycles. The van der Waals surface area contributed by atoms with Crippen molar-refractivity contribution in [1.82, 2.24) is 20.1 Å². The minimum absolute atomic E-state index is 0.285. The standard InChI is InChI=1S/C15H18N6O/c1-11(2)21-10-18-20-14(21)6-7-17-15(22)19-13-5-3-4-12(8-13)9-16/h3-5,8,10-11H,6-7H2,1-2H3,(H2,17,19,22). The smallest absolute Gasteiger partial charge is 0.319 e. The van der Waals surface area contributed by atoms with Gasteiger partial charge in [0.15, 0.2) is 0 Å². The third-order valence-electron chi connectivity index (χ3n) is 3.09. The molecule has 0 aliphatic rings. The fourth-order valence-corrected chi connectivity index (χ4v) is 2.01. The van der Waals surface area contributed by atoms with Crippen molar-refractivity contribution in [3.63, 3.8) is 0 Å². The lowest BCUT2D eigenvalue weighted by molar-refractivity contribution is 0.252. The van der Waals surface area contributed by atoms with Gasteiger partial charge >= 0.3 is 6.03 Å². The quantitative estimate of drug-likeness (QED) is 0.883. The second-order valence-corrected chi connectivity index (χ2v) is 5.07. The van der Waals surface area contributed by atoms with Crippen LogP contribution in [0.4, 0.5) is 10.5 Å². The van der Waals surface area contributed by atoms with Crippen LogP contribution >= 0.6 is 0 Å². The summed E-state index contributed by atoms with van der Waals surface area (Å²) in [5, 5.41) is 22.2. The lowest BCUT2D eigenvalue weighted by Crippen LogP contribution is -2.31. The number of carbonyl (C=O) groups excluding carboxylic acids is 1. The van der Waals surface area contributed by atoms with Gasteiger partial charge in [0, 0.05) is 24.7 Å². The zero-order chi connectivity index (χ0) is 15.9. The molecule has 7 heteroatoms. The minimum atomic E-state index is -0.314. The van der Waals surface area contributed by atoms with Gasteiger partial charge in [-0.25, -0.2) is 4.79 Å². The topological polar surface area (TPSA) is 95.6 Å². The van der Waals surface area contributed by atoms with E-state index in [1.165, 1.54) is 0 Å². The Morgan fingerprint density at radius 1 is 1.45 bits per heavy atom. The van der Waals surface area contributed by atoms with Crippen LogP contribution in [0, 0.1) is 11.3 Å². The van der Waals surface area contributed by atoms with Crippen molar-refractivity contribution in [3.8, 4) is 6.07 Å². The van der Waals surface area contributed by atoms with Crippen molar-refractivity contribution in [3.05, 3.63) is 42.0 Å². The molecule has 7 nitrogen and oxygen atoms in total. The summed E-state index contributed by atoms with van der Waals surface area (Å²) in [4.78, 5) is 11.8. The number of nitriles is 1. The Morgan fingerprint density at radius 3 is 3.00 bits per heavy atom. The maximum absolute atomic E-state index is 11.8. The first kappa shape index (κ1) is 15.5. The fourth-order valence-electron chi connectivity index (χ4n) is 2.01. The van der Waals surface area contributed by atoms with Gasteiger partial charge in [-0.3, -0.25) is 0 Å². The number of amides is 2. The molecule has 1 aromatic heterocycles. The van der Waals surface area contributed by atoms with Crippen LogP contribution in [0.25, 0.3) is 0 Å². The SMILES string of the molecule is CC(C)n1cnnc1CCNC(=O)Nc1cccc(C#N)c1. The lowest BCUT2D eigenvalue weighted by atomic mass is 10.2. The summed E-state index contributed by atoms with van der Waals surface area (Å²) in [7, 11) is 0. The fraction of sp³-hybridized carbons (Fsp3) is 0.333. The molecule has 0 unspecified atom stereocenters. The number of nitrogens with zero attached hydrogens (tertiary/aromatic N) is 4. The van der Waals surface area contributed by atoms with Gasteiger partial charge in [-0.1, -0.05) is 6.07 Å². The van der Waals surface area contributed by atoms with Crippen LogP contribution in [0.1, 0.15) is 31.3 Å². The molecule has 0 saturated carbocycles. The predicted molar refractivity (Wildman–Crippen MR) is 82.3 cm³/mol. The summed E-state index contributed by atoms with van der Waals surface area (Å²) in [6.07, 6.45) is 2.29. The Bertz CT molecular complexity index is 685. The summed E-state index contributed by atoms with van der Waals surface area (Å²) in [6.45, 7) is 4.56. The molecular formula is C15H18N6O. The van der Waals surface area contributed by atoms with Crippen LogP contribution in [-0.4, -0.2) is 27.3 Å². The molecule has 114 valence electrons. The van der Waals surface area contributed by atoms with Gasteiger partial charge in [0.1, 0.15) is 12.2 Å². The molecule has 1 aromatic carbocycles. The number of anilines is 1. The van der Waals surface area contributed by atoms with Gasteiger partial charge in [-0.15, -0.1) is 10.2 Å². The average Bonchev–Trinajstić information content (AvgIpc) is 2.96. The van der Waals surface area contributed by atoms with E-state index in [4.69, 9.17) is 5.26 Å². The lowest BCUT2D eigenvalue weighted by Gasteiger charge is -2.11. The van der Waals surface area contributed by atoms with Crippen LogP contribution in [0.5, 0.6) is 0 Å². The zero-order valence-electron chi connectivity index (χ0n) is 12.6. The van der Waals surface area contributed by atoms with Crippen LogP contribution in [0.2, 0.25) is 0 Å².